The van der Waals surface area contributed by atoms with Crippen molar-refractivity contribution in [2.24, 2.45) is 0 Å². The van der Waals surface area contributed by atoms with Gasteiger partial charge in [-0.3, -0.25) is 9.20 Å². The summed E-state index contributed by atoms with van der Waals surface area (Å²) in [5.41, 5.74) is 2.40. The number of hydrogen-bond acceptors (Lipinski definition) is 5. The molecule has 114 valence electrons. The molecule has 0 amide bonds. The Labute approximate surface area is 132 Å². The standard InChI is InChI=1S/C16H18N4OS/c1-3-15-19-13(10-22-15)11(2)17-9-12-8-16(21)20-7-5-4-6-14(20)18-12/h4-8,10-11,17H,3,9H2,1-2H3/t11-/m0/s1. The minimum absolute atomic E-state index is 0.0584. The Hall–Kier alpha value is -2.05. The predicted octanol–water partition coefficient (Wildman–Crippen LogP) is 2.56. The van der Waals surface area contributed by atoms with Crippen molar-refractivity contribution in [1.82, 2.24) is 19.7 Å². The first-order valence-corrected chi connectivity index (χ1v) is 8.20. The lowest BCUT2D eigenvalue weighted by atomic mass is 10.2. The maximum absolute atomic E-state index is 12.0. The van der Waals surface area contributed by atoms with E-state index in [9.17, 15) is 4.79 Å². The van der Waals surface area contributed by atoms with E-state index in [1.165, 1.54) is 0 Å². The van der Waals surface area contributed by atoms with Gasteiger partial charge in [0.2, 0.25) is 0 Å². The van der Waals surface area contributed by atoms with Crippen LogP contribution in [0.4, 0.5) is 0 Å². The van der Waals surface area contributed by atoms with E-state index in [1.54, 1.807) is 28.0 Å². The van der Waals surface area contributed by atoms with Gasteiger partial charge in [-0.25, -0.2) is 9.97 Å². The van der Waals surface area contributed by atoms with E-state index >= 15 is 0 Å². The zero-order valence-corrected chi connectivity index (χ0v) is 13.4. The van der Waals surface area contributed by atoms with Crippen molar-refractivity contribution in [3.63, 3.8) is 0 Å². The highest BCUT2D eigenvalue weighted by Gasteiger charge is 2.10. The maximum atomic E-state index is 12.0. The first-order valence-electron chi connectivity index (χ1n) is 7.32. The first-order chi connectivity index (χ1) is 10.7. The summed E-state index contributed by atoms with van der Waals surface area (Å²) in [4.78, 5) is 21.1. The number of thiazole rings is 1. The van der Waals surface area contributed by atoms with E-state index in [-0.39, 0.29) is 11.6 Å². The number of pyridine rings is 1. The smallest absolute Gasteiger partial charge is 0.258 e. The van der Waals surface area contributed by atoms with Gasteiger partial charge < -0.3 is 5.32 Å². The van der Waals surface area contributed by atoms with Crippen LogP contribution in [0.3, 0.4) is 0 Å². The Bertz CT molecular complexity index is 839. The molecule has 0 spiro atoms. The molecule has 1 N–H and O–H groups in total. The summed E-state index contributed by atoms with van der Waals surface area (Å²) in [6, 6.07) is 7.24. The zero-order valence-electron chi connectivity index (χ0n) is 12.6. The molecule has 0 aliphatic carbocycles. The summed E-state index contributed by atoms with van der Waals surface area (Å²) >= 11 is 1.68. The van der Waals surface area contributed by atoms with Gasteiger partial charge in [0.05, 0.1) is 16.4 Å². The van der Waals surface area contributed by atoms with Crippen LogP contribution in [0.25, 0.3) is 5.65 Å². The second-order valence-corrected chi connectivity index (χ2v) is 6.08. The van der Waals surface area contributed by atoms with Gasteiger partial charge in [-0.2, -0.15) is 0 Å². The molecule has 0 saturated carbocycles. The molecule has 3 heterocycles. The van der Waals surface area contributed by atoms with Crippen LogP contribution in [0.5, 0.6) is 0 Å². The van der Waals surface area contributed by atoms with Gasteiger partial charge in [0.25, 0.3) is 5.56 Å². The van der Waals surface area contributed by atoms with Crippen LogP contribution in [0.1, 0.15) is 36.3 Å². The van der Waals surface area contributed by atoms with Crippen LogP contribution >= 0.6 is 11.3 Å². The third kappa shape index (κ3) is 3.08. The van der Waals surface area contributed by atoms with Gasteiger partial charge in [-0.1, -0.05) is 13.0 Å². The Kier molecular flexibility index (Phi) is 4.31. The highest BCUT2D eigenvalue weighted by atomic mass is 32.1. The molecule has 0 aromatic carbocycles. The van der Waals surface area contributed by atoms with Crippen LogP contribution in [0, 0.1) is 0 Å². The van der Waals surface area contributed by atoms with Crippen molar-refractivity contribution in [3.05, 3.63) is 62.6 Å². The van der Waals surface area contributed by atoms with Gasteiger partial charge >= 0.3 is 0 Å². The van der Waals surface area contributed by atoms with Crippen molar-refractivity contribution in [2.75, 3.05) is 0 Å². The molecule has 5 nitrogen and oxygen atoms in total. The summed E-state index contributed by atoms with van der Waals surface area (Å²) in [6.45, 7) is 4.72. The second kappa shape index (κ2) is 6.37. The van der Waals surface area contributed by atoms with Gasteiger partial charge in [0.15, 0.2) is 0 Å². The van der Waals surface area contributed by atoms with Crippen molar-refractivity contribution in [2.45, 2.75) is 32.9 Å². The molecular weight excluding hydrogens is 296 g/mol. The average molecular weight is 314 g/mol. The summed E-state index contributed by atoms with van der Waals surface area (Å²) in [5, 5.41) is 6.60. The molecule has 0 unspecified atom stereocenters. The molecular formula is C16H18N4OS. The van der Waals surface area contributed by atoms with Crippen LogP contribution in [0.15, 0.2) is 40.6 Å². The van der Waals surface area contributed by atoms with Gasteiger partial charge in [-0.05, 0) is 25.5 Å². The first kappa shape index (κ1) is 14.9. The molecule has 0 aliphatic rings. The third-order valence-corrected chi connectivity index (χ3v) is 4.54. The van der Waals surface area contributed by atoms with E-state index in [4.69, 9.17) is 0 Å². The third-order valence-electron chi connectivity index (χ3n) is 3.53. The second-order valence-electron chi connectivity index (χ2n) is 5.14. The molecule has 1 atom stereocenters. The Morgan fingerprint density at radius 1 is 1.36 bits per heavy atom. The normalized spacial score (nSPS) is 12.6. The average Bonchev–Trinajstić information content (AvgIpc) is 3.02. The fourth-order valence-electron chi connectivity index (χ4n) is 2.24. The molecule has 6 heteroatoms. The Morgan fingerprint density at radius 2 is 2.23 bits per heavy atom. The van der Waals surface area contributed by atoms with Crippen LogP contribution < -0.4 is 10.9 Å². The minimum atomic E-state index is -0.0584. The number of hydrogen-bond donors (Lipinski definition) is 1. The van der Waals surface area contributed by atoms with Crippen molar-refractivity contribution in [3.8, 4) is 0 Å². The zero-order chi connectivity index (χ0) is 15.5. The van der Waals surface area contributed by atoms with Crippen molar-refractivity contribution >= 4 is 17.0 Å². The maximum Gasteiger partial charge on any atom is 0.258 e. The van der Waals surface area contributed by atoms with Crippen LogP contribution in [0.2, 0.25) is 0 Å². The lowest BCUT2D eigenvalue weighted by Gasteiger charge is -2.11. The number of fused-ring (bicyclic) bond motifs is 1. The number of nitrogens with one attached hydrogen (secondary N) is 1. The summed E-state index contributed by atoms with van der Waals surface area (Å²) < 4.78 is 1.54. The molecule has 3 aromatic rings. The van der Waals surface area contributed by atoms with Gasteiger partial charge in [0, 0.05) is 30.2 Å². The van der Waals surface area contributed by atoms with E-state index in [0.29, 0.717) is 12.2 Å². The fourth-order valence-corrected chi connectivity index (χ4v) is 3.08. The highest BCUT2D eigenvalue weighted by Crippen LogP contribution is 2.17. The van der Waals surface area contributed by atoms with Crippen LogP contribution in [-0.2, 0) is 13.0 Å². The topological polar surface area (TPSA) is 59.3 Å². The predicted molar refractivity (Wildman–Crippen MR) is 88.2 cm³/mol. The number of aromatic nitrogens is 3. The highest BCUT2D eigenvalue weighted by molar-refractivity contribution is 7.09. The number of aryl methyl sites for hydroxylation is 1. The summed E-state index contributed by atoms with van der Waals surface area (Å²) in [6.07, 6.45) is 2.69. The van der Waals surface area contributed by atoms with Crippen LogP contribution in [-0.4, -0.2) is 14.4 Å². The summed E-state index contributed by atoms with van der Waals surface area (Å²) in [5.74, 6) is 0. The monoisotopic (exact) mass is 314 g/mol. The molecule has 3 aromatic heterocycles. The quantitative estimate of drug-likeness (QED) is 0.786. The van der Waals surface area contributed by atoms with E-state index in [1.807, 2.05) is 18.2 Å². The van der Waals surface area contributed by atoms with Crippen molar-refractivity contribution < 1.29 is 0 Å². The molecule has 0 aliphatic heterocycles. The minimum Gasteiger partial charge on any atom is -0.303 e. The van der Waals surface area contributed by atoms with Crippen molar-refractivity contribution in [1.29, 1.82) is 0 Å². The van der Waals surface area contributed by atoms with Gasteiger partial charge in [0.1, 0.15) is 5.65 Å². The Balaban J connectivity index is 1.74. The number of rotatable bonds is 5. The molecule has 0 radical (unpaired) electrons. The molecule has 22 heavy (non-hydrogen) atoms. The summed E-state index contributed by atoms with van der Waals surface area (Å²) in [7, 11) is 0. The molecule has 0 saturated heterocycles. The molecule has 0 bridgehead atoms. The van der Waals surface area contributed by atoms with E-state index < -0.39 is 0 Å². The van der Waals surface area contributed by atoms with E-state index in [0.717, 1.165) is 22.8 Å². The molecule has 3 rings (SSSR count). The lowest BCUT2D eigenvalue weighted by Crippen LogP contribution is -2.22. The van der Waals surface area contributed by atoms with E-state index in [2.05, 4.69) is 34.5 Å². The largest absolute Gasteiger partial charge is 0.303 e. The Morgan fingerprint density at radius 3 is 3.00 bits per heavy atom. The number of nitrogens with zero attached hydrogens (tertiary/aromatic N) is 3. The van der Waals surface area contributed by atoms with Gasteiger partial charge in [-0.15, -0.1) is 11.3 Å². The fraction of sp³-hybridized carbons (Fsp3) is 0.312. The SMILES string of the molecule is CCc1nc([C@H](C)NCc2cc(=O)n3ccccc3n2)cs1. The lowest BCUT2D eigenvalue weighted by molar-refractivity contribution is 0.556. The molecule has 0 fully saturated rings.